The Hall–Kier alpha value is -1.85. The number of nitrogens with zero attached hydrogens (tertiary/aromatic N) is 1. The Labute approximate surface area is 146 Å². The number of benzene rings is 1. The number of hydrogen-bond acceptors (Lipinski definition) is 4. The number of hydrogen-bond donors (Lipinski definition) is 2. The van der Waals surface area contributed by atoms with Crippen LogP contribution in [0.4, 0.5) is 0 Å². The summed E-state index contributed by atoms with van der Waals surface area (Å²) in [5.74, 6) is 1.91. The summed E-state index contributed by atoms with van der Waals surface area (Å²) in [6, 6.07) is 7.43. The van der Waals surface area contributed by atoms with Gasteiger partial charge in [-0.1, -0.05) is 11.6 Å². The molecule has 24 heavy (non-hydrogen) atoms. The maximum atomic E-state index is 12.0. The Kier molecular flexibility index (Phi) is 5.53. The Balaban J connectivity index is 1.53. The lowest BCUT2D eigenvalue weighted by Crippen LogP contribution is -2.23. The molecular weight excluding hydrogens is 326 g/mol. The predicted octanol–water partition coefficient (Wildman–Crippen LogP) is 3.31. The van der Waals surface area contributed by atoms with Crippen LogP contribution in [0.3, 0.4) is 0 Å². The maximum absolute atomic E-state index is 12.0. The highest BCUT2D eigenvalue weighted by Gasteiger charge is 2.16. The normalized spacial score (nSPS) is 17.2. The van der Waals surface area contributed by atoms with Crippen molar-refractivity contribution in [1.82, 2.24) is 15.6 Å². The molecule has 1 unspecified atom stereocenters. The molecule has 0 spiro atoms. The molecule has 1 amide bonds. The van der Waals surface area contributed by atoms with Gasteiger partial charge in [-0.3, -0.25) is 4.79 Å². The summed E-state index contributed by atoms with van der Waals surface area (Å²) >= 11 is 5.91. The van der Waals surface area contributed by atoms with Gasteiger partial charge in [-0.05, 0) is 63.0 Å². The number of amides is 1. The summed E-state index contributed by atoms with van der Waals surface area (Å²) in [6.07, 6.45) is 2.65. The molecule has 1 atom stereocenters. The molecule has 1 aromatic carbocycles. The third-order valence-electron chi connectivity index (χ3n) is 4.33. The highest BCUT2D eigenvalue weighted by molar-refractivity contribution is 6.30. The van der Waals surface area contributed by atoms with Crippen molar-refractivity contribution in [2.75, 3.05) is 13.1 Å². The average molecular weight is 348 g/mol. The first kappa shape index (κ1) is 17.0. The Morgan fingerprint density at radius 3 is 2.92 bits per heavy atom. The molecule has 1 fully saturated rings. The molecule has 3 rings (SSSR count). The second-order valence-corrected chi connectivity index (χ2v) is 6.64. The fourth-order valence-electron chi connectivity index (χ4n) is 2.96. The second-order valence-electron chi connectivity index (χ2n) is 6.20. The van der Waals surface area contributed by atoms with Gasteiger partial charge in [0.05, 0.1) is 12.2 Å². The van der Waals surface area contributed by atoms with E-state index >= 15 is 0 Å². The second kappa shape index (κ2) is 7.81. The molecule has 0 saturated carbocycles. The smallest absolute Gasteiger partial charge is 0.220 e. The predicted molar refractivity (Wildman–Crippen MR) is 93.7 cm³/mol. The van der Waals surface area contributed by atoms with E-state index < -0.39 is 0 Å². The minimum absolute atomic E-state index is 0.0470. The first-order valence-corrected chi connectivity index (χ1v) is 8.69. The molecule has 5 nitrogen and oxygen atoms in total. The summed E-state index contributed by atoms with van der Waals surface area (Å²) in [5, 5.41) is 6.89. The summed E-state index contributed by atoms with van der Waals surface area (Å²) in [4.78, 5) is 16.4. The van der Waals surface area contributed by atoms with Crippen molar-refractivity contribution in [2.45, 2.75) is 32.7 Å². The number of nitrogens with one attached hydrogen (secondary N) is 2. The Morgan fingerprint density at radius 2 is 2.21 bits per heavy atom. The van der Waals surface area contributed by atoms with Gasteiger partial charge < -0.3 is 15.1 Å². The van der Waals surface area contributed by atoms with Crippen molar-refractivity contribution in [3.8, 4) is 11.3 Å². The number of oxazole rings is 1. The van der Waals surface area contributed by atoms with Crippen LogP contribution in [0, 0.1) is 12.8 Å². The van der Waals surface area contributed by atoms with Crippen LogP contribution in [-0.2, 0) is 11.3 Å². The summed E-state index contributed by atoms with van der Waals surface area (Å²) in [6.45, 7) is 4.30. The number of rotatable bonds is 6. The molecule has 0 radical (unpaired) electrons. The minimum Gasteiger partial charge on any atom is -0.438 e. The van der Waals surface area contributed by atoms with E-state index in [1.165, 1.54) is 0 Å². The highest BCUT2D eigenvalue weighted by atomic mass is 35.5. The first-order chi connectivity index (χ1) is 11.6. The minimum atomic E-state index is 0.0470. The van der Waals surface area contributed by atoms with Crippen LogP contribution in [0.5, 0.6) is 0 Å². The molecule has 1 saturated heterocycles. The monoisotopic (exact) mass is 347 g/mol. The van der Waals surface area contributed by atoms with Gasteiger partial charge in [0.2, 0.25) is 11.8 Å². The van der Waals surface area contributed by atoms with Gasteiger partial charge in [-0.25, -0.2) is 4.98 Å². The average Bonchev–Trinajstić information content (AvgIpc) is 3.21. The van der Waals surface area contributed by atoms with Crippen LogP contribution in [-0.4, -0.2) is 24.0 Å². The molecule has 2 aromatic rings. The molecule has 2 N–H and O–H groups in total. The van der Waals surface area contributed by atoms with Crippen LogP contribution < -0.4 is 10.6 Å². The first-order valence-electron chi connectivity index (χ1n) is 8.31. The summed E-state index contributed by atoms with van der Waals surface area (Å²) in [5.41, 5.74) is 1.73. The molecule has 1 aromatic heterocycles. The number of halogens is 1. The molecular formula is C18H22ClN3O2. The van der Waals surface area contributed by atoms with Gasteiger partial charge in [0.15, 0.2) is 5.76 Å². The SMILES string of the molecule is Cc1nc(CNC(=O)CCC2CCNC2)oc1-c1ccc(Cl)cc1. The van der Waals surface area contributed by atoms with E-state index in [0.717, 1.165) is 37.2 Å². The molecule has 1 aliphatic heterocycles. The third-order valence-corrected chi connectivity index (χ3v) is 4.58. The highest BCUT2D eigenvalue weighted by Crippen LogP contribution is 2.25. The molecule has 2 heterocycles. The lowest BCUT2D eigenvalue weighted by atomic mass is 10.0. The van der Waals surface area contributed by atoms with Gasteiger partial charge in [0.1, 0.15) is 0 Å². The van der Waals surface area contributed by atoms with Gasteiger partial charge in [-0.15, -0.1) is 0 Å². The molecule has 1 aliphatic rings. The van der Waals surface area contributed by atoms with E-state index in [1.807, 2.05) is 31.2 Å². The van der Waals surface area contributed by atoms with E-state index in [-0.39, 0.29) is 5.91 Å². The largest absolute Gasteiger partial charge is 0.438 e. The summed E-state index contributed by atoms with van der Waals surface area (Å²) in [7, 11) is 0. The van der Waals surface area contributed by atoms with Crippen LogP contribution in [0.1, 0.15) is 30.8 Å². The van der Waals surface area contributed by atoms with Crippen molar-refractivity contribution in [1.29, 1.82) is 0 Å². The third kappa shape index (κ3) is 4.36. The van der Waals surface area contributed by atoms with E-state index in [9.17, 15) is 4.79 Å². The zero-order chi connectivity index (χ0) is 16.9. The van der Waals surface area contributed by atoms with E-state index in [0.29, 0.717) is 35.6 Å². The number of carbonyl (C=O) groups is 1. The molecule has 0 bridgehead atoms. The van der Waals surface area contributed by atoms with Gasteiger partial charge in [0.25, 0.3) is 0 Å². The van der Waals surface area contributed by atoms with Crippen LogP contribution in [0.25, 0.3) is 11.3 Å². The lowest BCUT2D eigenvalue weighted by molar-refractivity contribution is -0.121. The number of aryl methyl sites for hydroxylation is 1. The van der Waals surface area contributed by atoms with Gasteiger partial charge in [-0.2, -0.15) is 0 Å². The van der Waals surface area contributed by atoms with Crippen molar-refractivity contribution < 1.29 is 9.21 Å². The van der Waals surface area contributed by atoms with Crippen molar-refractivity contribution in [3.05, 3.63) is 40.9 Å². The molecule has 128 valence electrons. The number of aromatic nitrogens is 1. The van der Waals surface area contributed by atoms with E-state index in [2.05, 4.69) is 15.6 Å². The molecule has 0 aliphatic carbocycles. The van der Waals surface area contributed by atoms with Gasteiger partial charge >= 0.3 is 0 Å². The van der Waals surface area contributed by atoms with Crippen molar-refractivity contribution in [3.63, 3.8) is 0 Å². The fraction of sp³-hybridized carbons (Fsp3) is 0.444. The lowest BCUT2D eigenvalue weighted by Gasteiger charge is -2.07. The Morgan fingerprint density at radius 1 is 1.42 bits per heavy atom. The van der Waals surface area contributed by atoms with E-state index in [1.54, 1.807) is 0 Å². The summed E-state index contributed by atoms with van der Waals surface area (Å²) < 4.78 is 5.79. The fourth-order valence-corrected chi connectivity index (χ4v) is 3.08. The van der Waals surface area contributed by atoms with Gasteiger partial charge in [0, 0.05) is 17.0 Å². The van der Waals surface area contributed by atoms with E-state index in [4.69, 9.17) is 16.0 Å². The zero-order valence-electron chi connectivity index (χ0n) is 13.8. The van der Waals surface area contributed by atoms with Crippen LogP contribution in [0.2, 0.25) is 5.02 Å². The quantitative estimate of drug-likeness (QED) is 0.841. The van der Waals surface area contributed by atoms with Crippen LogP contribution in [0.15, 0.2) is 28.7 Å². The molecule has 6 heteroatoms. The van der Waals surface area contributed by atoms with Crippen LogP contribution >= 0.6 is 11.6 Å². The maximum Gasteiger partial charge on any atom is 0.220 e. The topological polar surface area (TPSA) is 67.2 Å². The standard InChI is InChI=1S/C18H22ClN3O2/c1-12-18(14-3-5-15(19)6-4-14)24-17(22-12)11-21-16(23)7-2-13-8-9-20-10-13/h3-6,13,20H,2,7-11H2,1H3,(H,21,23). The zero-order valence-corrected chi connectivity index (χ0v) is 14.5. The van der Waals surface area contributed by atoms with Crippen molar-refractivity contribution >= 4 is 17.5 Å². The Bertz CT molecular complexity index is 691. The van der Waals surface area contributed by atoms with Crippen molar-refractivity contribution in [2.24, 2.45) is 5.92 Å². The number of carbonyl (C=O) groups excluding carboxylic acids is 1.